The molecule has 1 aromatic rings. The molecule has 0 saturated heterocycles. The third-order valence-corrected chi connectivity index (χ3v) is 3.49. The summed E-state index contributed by atoms with van der Waals surface area (Å²) in [5, 5.41) is 9.14. The summed E-state index contributed by atoms with van der Waals surface area (Å²) in [7, 11) is 1.80. The highest BCUT2D eigenvalue weighted by Gasteiger charge is 2.29. The number of carbonyl (C=O) groups is 1. The zero-order chi connectivity index (χ0) is 10.8. The fraction of sp³-hybridized carbons (Fsp3) is 0.600. The number of nitrogens with zero attached hydrogens (tertiary/aromatic N) is 2. The molecule has 1 fully saturated rings. The molecule has 1 amide bonds. The molecule has 0 bridgehead atoms. The number of aliphatic hydroxyl groups excluding tert-OH is 1. The van der Waals surface area contributed by atoms with Crippen LogP contribution in [-0.2, 0) is 0 Å². The minimum Gasteiger partial charge on any atom is -0.393 e. The van der Waals surface area contributed by atoms with Gasteiger partial charge in [-0.25, -0.2) is 0 Å². The molecule has 5 heteroatoms. The van der Waals surface area contributed by atoms with Gasteiger partial charge in [-0.05, 0) is 18.8 Å². The minimum atomic E-state index is -0.151. The average molecular weight is 226 g/mol. The molecule has 15 heavy (non-hydrogen) atoms. The lowest BCUT2D eigenvalue weighted by atomic mass is 9.82. The minimum absolute atomic E-state index is 0.0267. The van der Waals surface area contributed by atoms with Crippen LogP contribution in [0.3, 0.4) is 0 Å². The maximum Gasteiger partial charge on any atom is 0.265 e. The molecular weight excluding hydrogens is 212 g/mol. The predicted molar refractivity (Wildman–Crippen MR) is 57.8 cm³/mol. The molecule has 0 radical (unpaired) electrons. The third-order valence-electron chi connectivity index (χ3n) is 2.73. The van der Waals surface area contributed by atoms with E-state index in [2.05, 4.69) is 4.98 Å². The quantitative estimate of drug-likeness (QED) is 0.836. The SMILES string of the molecule is CN(CC1CC(O)C1)C(=O)c1cncs1. The van der Waals surface area contributed by atoms with Crippen molar-refractivity contribution < 1.29 is 9.90 Å². The Balaban J connectivity index is 1.86. The first kappa shape index (κ1) is 10.6. The van der Waals surface area contributed by atoms with Crippen LogP contribution in [-0.4, -0.2) is 40.6 Å². The molecular formula is C10H14N2O2S. The number of rotatable bonds is 3. The summed E-state index contributed by atoms with van der Waals surface area (Å²) in [6.07, 6.45) is 3.08. The number of carbonyl (C=O) groups excluding carboxylic acids is 1. The molecule has 1 aromatic heterocycles. The zero-order valence-corrected chi connectivity index (χ0v) is 9.41. The first-order valence-corrected chi connectivity index (χ1v) is 5.87. The highest BCUT2D eigenvalue weighted by atomic mass is 32.1. The van der Waals surface area contributed by atoms with E-state index in [1.807, 2.05) is 0 Å². The Bertz CT molecular complexity index is 333. The van der Waals surface area contributed by atoms with Crippen LogP contribution in [0, 0.1) is 5.92 Å². The van der Waals surface area contributed by atoms with Gasteiger partial charge in [-0.3, -0.25) is 9.78 Å². The number of aliphatic hydroxyl groups is 1. The molecule has 1 aliphatic carbocycles. The van der Waals surface area contributed by atoms with Crippen LogP contribution in [0.25, 0.3) is 0 Å². The van der Waals surface area contributed by atoms with E-state index in [1.165, 1.54) is 11.3 Å². The first-order valence-electron chi connectivity index (χ1n) is 4.99. The van der Waals surface area contributed by atoms with Crippen molar-refractivity contribution in [3.05, 3.63) is 16.6 Å². The standard InChI is InChI=1S/C10H14N2O2S/c1-12(5-7-2-8(13)3-7)10(14)9-4-11-6-15-9/h4,6-8,13H,2-3,5H2,1H3. The van der Waals surface area contributed by atoms with Gasteiger partial charge in [0.1, 0.15) is 4.88 Å². The van der Waals surface area contributed by atoms with Gasteiger partial charge < -0.3 is 10.0 Å². The summed E-state index contributed by atoms with van der Waals surface area (Å²) in [5.74, 6) is 0.487. The maximum atomic E-state index is 11.8. The van der Waals surface area contributed by atoms with Gasteiger partial charge in [0.25, 0.3) is 5.91 Å². The Morgan fingerprint density at radius 3 is 3.00 bits per heavy atom. The summed E-state index contributed by atoms with van der Waals surface area (Å²) >= 11 is 1.36. The lowest BCUT2D eigenvalue weighted by Gasteiger charge is -2.34. The first-order chi connectivity index (χ1) is 7.16. The van der Waals surface area contributed by atoms with E-state index < -0.39 is 0 Å². The predicted octanol–water partition coefficient (Wildman–Crippen LogP) is 0.986. The summed E-state index contributed by atoms with van der Waals surface area (Å²) in [4.78, 5) is 18.1. The van der Waals surface area contributed by atoms with Crippen molar-refractivity contribution in [2.75, 3.05) is 13.6 Å². The van der Waals surface area contributed by atoms with Gasteiger partial charge >= 0.3 is 0 Å². The molecule has 1 aliphatic rings. The lowest BCUT2D eigenvalue weighted by molar-refractivity contribution is 0.0266. The summed E-state index contributed by atoms with van der Waals surface area (Å²) in [6, 6.07) is 0. The molecule has 0 atom stereocenters. The van der Waals surface area contributed by atoms with E-state index in [0.29, 0.717) is 10.8 Å². The largest absolute Gasteiger partial charge is 0.393 e. The molecule has 0 aromatic carbocycles. The number of aromatic nitrogens is 1. The molecule has 1 N–H and O–H groups in total. The van der Waals surface area contributed by atoms with Crippen LogP contribution >= 0.6 is 11.3 Å². The number of hydrogen-bond acceptors (Lipinski definition) is 4. The van der Waals surface area contributed by atoms with E-state index in [-0.39, 0.29) is 12.0 Å². The van der Waals surface area contributed by atoms with Crippen molar-refractivity contribution in [2.24, 2.45) is 5.92 Å². The van der Waals surface area contributed by atoms with Gasteiger partial charge in [0.2, 0.25) is 0 Å². The van der Waals surface area contributed by atoms with Crippen LogP contribution in [0.5, 0.6) is 0 Å². The highest BCUT2D eigenvalue weighted by Crippen LogP contribution is 2.28. The van der Waals surface area contributed by atoms with Crippen molar-refractivity contribution in [2.45, 2.75) is 18.9 Å². The second kappa shape index (κ2) is 4.28. The van der Waals surface area contributed by atoms with Crippen molar-refractivity contribution in [3.63, 3.8) is 0 Å². The van der Waals surface area contributed by atoms with Gasteiger partial charge in [0, 0.05) is 13.6 Å². The van der Waals surface area contributed by atoms with E-state index in [0.717, 1.165) is 19.4 Å². The number of hydrogen-bond donors (Lipinski definition) is 1. The fourth-order valence-corrected chi connectivity index (χ4v) is 2.44. The molecule has 0 aliphatic heterocycles. The van der Waals surface area contributed by atoms with Crippen LogP contribution in [0.2, 0.25) is 0 Å². The second-order valence-electron chi connectivity index (χ2n) is 4.04. The van der Waals surface area contributed by atoms with Gasteiger partial charge in [-0.2, -0.15) is 0 Å². The monoisotopic (exact) mass is 226 g/mol. The smallest absolute Gasteiger partial charge is 0.265 e. The average Bonchev–Trinajstić information content (AvgIpc) is 2.66. The van der Waals surface area contributed by atoms with E-state index >= 15 is 0 Å². The van der Waals surface area contributed by atoms with Crippen molar-refractivity contribution >= 4 is 17.2 Å². The van der Waals surface area contributed by atoms with Gasteiger partial charge in [0.05, 0.1) is 17.8 Å². The van der Waals surface area contributed by atoms with Crippen molar-refractivity contribution in [1.29, 1.82) is 0 Å². The third kappa shape index (κ3) is 2.35. The van der Waals surface area contributed by atoms with Gasteiger partial charge in [0.15, 0.2) is 0 Å². The van der Waals surface area contributed by atoms with E-state index in [1.54, 1.807) is 23.7 Å². The highest BCUT2D eigenvalue weighted by molar-refractivity contribution is 7.11. The van der Waals surface area contributed by atoms with Crippen LogP contribution in [0.15, 0.2) is 11.7 Å². The molecule has 4 nitrogen and oxygen atoms in total. The Kier molecular flexibility index (Phi) is 3.02. The number of thiazole rings is 1. The Morgan fingerprint density at radius 1 is 1.73 bits per heavy atom. The second-order valence-corrected chi connectivity index (χ2v) is 4.93. The summed E-state index contributed by atoms with van der Waals surface area (Å²) in [5.41, 5.74) is 1.66. The van der Waals surface area contributed by atoms with Crippen LogP contribution in [0.1, 0.15) is 22.5 Å². The Labute approximate surface area is 92.6 Å². The van der Waals surface area contributed by atoms with Gasteiger partial charge in [-0.1, -0.05) is 0 Å². The molecule has 1 heterocycles. The van der Waals surface area contributed by atoms with Crippen LogP contribution < -0.4 is 0 Å². The number of amides is 1. The van der Waals surface area contributed by atoms with E-state index in [9.17, 15) is 4.79 Å². The van der Waals surface area contributed by atoms with Crippen molar-refractivity contribution in [3.8, 4) is 0 Å². The summed E-state index contributed by atoms with van der Waals surface area (Å²) < 4.78 is 0. The van der Waals surface area contributed by atoms with Crippen LogP contribution in [0.4, 0.5) is 0 Å². The molecule has 0 spiro atoms. The van der Waals surface area contributed by atoms with E-state index in [4.69, 9.17) is 5.11 Å². The molecule has 1 saturated carbocycles. The van der Waals surface area contributed by atoms with Crippen molar-refractivity contribution in [1.82, 2.24) is 9.88 Å². The summed E-state index contributed by atoms with van der Waals surface area (Å²) in [6.45, 7) is 0.730. The maximum absolute atomic E-state index is 11.8. The van der Waals surface area contributed by atoms with Gasteiger partial charge in [-0.15, -0.1) is 11.3 Å². The molecule has 0 unspecified atom stereocenters. The lowest BCUT2D eigenvalue weighted by Crippen LogP contribution is -2.39. The fourth-order valence-electron chi connectivity index (χ4n) is 1.83. The Hall–Kier alpha value is -0.940. The topological polar surface area (TPSA) is 53.4 Å². The normalized spacial score (nSPS) is 24.7. The Morgan fingerprint density at radius 2 is 2.47 bits per heavy atom. The zero-order valence-electron chi connectivity index (χ0n) is 8.59. The molecule has 82 valence electrons. The molecule has 2 rings (SSSR count).